The monoisotopic (exact) mass is 585 g/mol. The quantitative estimate of drug-likeness (QED) is 0.297. The van der Waals surface area contributed by atoms with Gasteiger partial charge in [-0.2, -0.15) is 0 Å². The Bertz CT molecular complexity index is 1690. The molecule has 0 radical (unpaired) electrons. The van der Waals surface area contributed by atoms with Crippen LogP contribution in [0.5, 0.6) is 11.5 Å². The molecule has 4 aromatic carbocycles. The van der Waals surface area contributed by atoms with Crippen LogP contribution in [-0.4, -0.2) is 39.5 Å². The molecule has 0 aliphatic carbocycles. The number of fused-ring (bicyclic) bond motifs is 1. The van der Waals surface area contributed by atoms with Crippen molar-refractivity contribution in [3.8, 4) is 11.5 Å². The molecule has 0 aromatic heterocycles. The van der Waals surface area contributed by atoms with Crippen LogP contribution in [0, 0.1) is 13.8 Å². The Morgan fingerprint density at radius 2 is 1.64 bits per heavy atom. The van der Waals surface area contributed by atoms with Gasteiger partial charge < -0.3 is 19.7 Å². The average molecular weight is 586 g/mol. The van der Waals surface area contributed by atoms with E-state index in [1.54, 1.807) is 43.3 Å². The van der Waals surface area contributed by atoms with Crippen LogP contribution < -0.4 is 24.4 Å². The van der Waals surface area contributed by atoms with Crippen molar-refractivity contribution in [1.29, 1.82) is 0 Å². The van der Waals surface area contributed by atoms with Crippen LogP contribution in [-0.2, 0) is 26.2 Å². The summed E-state index contributed by atoms with van der Waals surface area (Å²) in [5, 5.41) is 2.87. The van der Waals surface area contributed by atoms with Crippen molar-refractivity contribution >= 4 is 33.2 Å². The highest BCUT2D eigenvalue weighted by Crippen LogP contribution is 2.33. The van der Waals surface area contributed by atoms with Crippen LogP contribution in [0.2, 0.25) is 0 Å². The molecule has 2 N–H and O–H groups in total. The zero-order valence-corrected chi connectivity index (χ0v) is 24.1. The summed E-state index contributed by atoms with van der Waals surface area (Å²) < 4.78 is 40.1. The Morgan fingerprint density at radius 1 is 0.929 bits per heavy atom. The fourth-order valence-electron chi connectivity index (χ4n) is 4.51. The van der Waals surface area contributed by atoms with Gasteiger partial charge in [0.15, 0.2) is 12.7 Å². The highest BCUT2D eigenvalue weighted by atomic mass is 32.2. The molecule has 4 aromatic rings. The van der Waals surface area contributed by atoms with E-state index in [0.29, 0.717) is 35.0 Å². The van der Waals surface area contributed by atoms with Crippen molar-refractivity contribution in [3.63, 3.8) is 0 Å². The highest BCUT2D eigenvalue weighted by Gasteiger charge is 2.34. The number of nitrogens with zero attached hydrogens (tertiary/aromatic N) is 1. The number of sulfonamides is 1. The standard InChI is InChI=1S/C32H31N3O6S/c1-22-12-14-25(15-13-22)34-42(38,39)26-16-17-28(23(2)18-26)40-21-31(36)35-20-30(41-29-11-7-6-10-27(29)35)32(37)33-19-24-8-4-3-5-9-24/h3-18,30,34H,19-21H2,1-2H3,(H,33,37)/t30-/m1/s1. The zero-order valence-electron chi connectivity index (χ0n) is 23.2. The van der Waals surface area contributed by atoms with E-state index >= 15 is 0 Å². The number of nitrogens with one attached hydrogen (secondary N) is 2. The Morgan fingerprint density at radius 3 is 2.38 bits per heavy atom. The van der Waals surface area contributed by atoms with Crippen molar-refractivity contribution in [2.24, 2.45) is 0 Å². The third kappa shape index (κ3) is 6.72. The number of para-hydroxylation sites is 2. The van der Waals surface area contributed by atoms with E-state index < -0.39 is 16.1 Å². The molecule has 10 heteroatoms. The first-order valence-corrected chi connectivity index (χ1v) is 14.9. The molecule has 42 heavy (non-hydrogen) atoms. The molecule has 5 rings (SSSR count). The van der Waals surface area contributed by atoms with Crippen molar-refractivity contribution < 1.29 is 27.5 Å². The molecule has 0 bridgehead atoms. The lowest BCUT2D eigenvalue weighted by Crippen LogP contribution is -2.51. The third-order valence-corrected chi connectivity index (χ3v) is 8.17. The van der Waals surface area contributed by atoms with Crippen LogP contribution in [0.3, 0.4) is 0 Å². The lowest BCUT2D eigenvalue weighted by molar-refractivity contribution is -0.128. The summed E-state index contributed by atoms with van der Waals surface area (Å²) >= 11 is 0. The molecule has 1 heterocycles. The first-order valence-electron chi connectivity index (χ1n) is 13.4. The lowest BCUT2D eigenvalue weighted by Gasteiger charge is -2.34. The maximum absolute atomic E-state index is 13.4. The maximum Gasteiger partial charge on any atom is 0.265 e. The Balaban J connectivity index is 1.24. The molecule has 1 aliphatic heterocycles. The van der Waals surface area contributed by atoms with E-state index in [4.69, 9.17) is 9.47 Å². The average Bonchev–Trinajstić information content (AvgIpc) is 3.00. The van der Waals surface area contributed by atoms with E-state index in [2.05, 4.69) is 10.0 Å². The molecule has 0 saturated carbocycles. The first-order chi connectivity index (χ1) is 20.2. The van der Waals surface area contributed by atoms with Crippen LogP contribution in [0.4, 0.5) is 11.4 Å². The summed E-state index contributed by atoms with van der Waals surface area (Å²) in [6.07, 6.45) is -0.903. The predicted octanol–water partition coefficient (Wildman–Crippen LogP) is 4.59. The van der Waals surface area contributed by atoms with Gasteiger partial charge in [0.2, 0.25) is 0 Å². The van der Waals surface area contributed by atoms with Crippen LogP contribution in [0.15, 0.2) is 102 Å². The van der Waals surface area contributed by atoms with Crippen molar-refractivity contribution in [2.75, 3.05) is 22.8 Å². The van der Waals surface area contributed by atoms with E-state index in [1.165, 1.54) is 23.1 Å². The van der Waals surface area contributed by atoms with Crippen LogP contribution in [0.1, 0.15) is 16.7 Å². The molecule has 0 saturated heterocycles. The zero-order chi connectivity index (χ0) is 29.7. The summed E-state index contributed by atoms with van der Waals surface area (Å²) in [7, 11) is -3.82. The van der Waals surface area contributed by atoms with Gasteiger partial charge in [-0.05, 0) is 67.4 Å². The summed E-state index contributed by atoms with van der Waals surface area (Å²) in [4.78, 5) is 27.9. The van der Waals surface area contributed by atoms with E-state index in [-0.39, 0.29) is 29.9 Å². The van der Waals surface area contributed by atoms with Crippen molar-refractivity contribution in [3.05, 3.63) is 114 Å². The Kier molecular flexibility index (Phi) is 8.44. The number of anilines is 2. The molecule has 2 amide bonds. The summed E-state index contributed by atoms with van der Waals surface area (Å²) in [5.74, 6) is 0.0859. The van der Waals surface area contributed by atoms with E-state index in [0.717, 1.165) is 11.1 Å². The fraction of sp³-hybridized carbons (Fsp3) is 0.188. The van der Waals surface area contributed by atoms with Gasteiger partial charge in [-0.3, -0.25) is 14.3 Å². The highest BCUT2D eigenvalue weighted by molar-refractivity contribution is 7.92. The number of carbonyl (C=O) groups is 2. The van der Waals surface area contributed by atoms with Gasteiger partial charge in [0.05, 0.1) is 17.1 Å². The third-order valence-electron chi connectivity index (χ3n) is 6.79. The van der Waals surface area contributed by atoms with Gasteiger partial charge in [-0.15, -0.1) is 0 Å². The summed E-state index contributed by atoms with van der Waals surface area (Å²) in [6.45, 7) is 3.67. The smallest absolute Gasteiger partial charge is 0.265 e. The maximum atomic E-state index is 13.4. The molecule has 0 fully saturated rings. The fourth-order valence-corrected chi connectivity index (χ4v) is 5.65. The second kappa shape index (κ2) is 12.4. The minimum atomic E-state index is -3.82. The summed E-state index contributed by atoms with van der Waals surface area (Å²) in [5.41, 5.74) is 3.52. The first kappa shape index (κ1) is 28.7. The SMILES string of the molecule is Cc1ccc(NS(=O)(=O)c2ccc(OCC(=O)N3C[C@H](C(=O)NCc4ccccc4)Oc4ccccc43)c(C)c2)cc1. The van der Waals surface area contributed by atoms with Crippen molar-refractivity contribution in [1.82, 2.24) is 5.32 Å². The molecule has 1 aliphatic rings. The Hall–Kier alpha value is -4.83. The van der Waals surface area contributed by atoms with Crippen molar-refractivity contribution in [2.45, 2.75) is 31.4 Å². The topological polar surface area (TPSA) is 114 Å². The number of amides is 2. The molecular weight excluding hydrogens is 554 g/mol. The Labute approximate surface area is 245 Å². The van der Waals surface area contributed by atoms with Gasteiger partial charge in [0, 0.05) is 12.2 Å². The van der Waals surface area contributed by atoms with E-state index in [9.17, 15) is 18.0 Å². The predicted molar refractivity (Wildman–Crippen MR) is 160 cm³/mol. The lowest BCUT2D eigenvalue weighted by atomic mass is 10.1. The molecule has 0 spiro atoms. The second-order valence-electron chi connectivity index (χ2n) is 9.97. The number of hydrogen-bond donors (Lipinski definition) is 2. The largest absolute Gasteiger partial charge is 0.483 e. The number of hydrogen-bond acceptors (Lipinski definition) is 6. The van der Waals surface area contributed by atoms with Gasteiger partial charge in [0.25, 0.3) is 21.8 Å². The molecular formula is C32H31N3O6S. The van der Waals surface area contributed by atoms with Crippen LogP contribution >= 0.6 is 0 Å². The minimum absolute atomic E-state index is 0.0146. The molecule has 1 atom stereocenters. The van der Waals surface area contributed by atoms with Gasteiger partial charge in [-0.25, -0.2) is 8.42 Å². The molecule has 216 valence electrons. The number of ether oxygens (including phenoxy) is 2. The normalized spacial score (nSPS) is 14.3. The van der Waals surface area contributed by atoms with Crippen LogP contribution in [0.25, 0.3) is 0 Å². The number of aryl methyl sites for hydroxylation is 2. The second-order valence-corrected chi connectivity index (χ2v) is 11.7. The van der Waals surface area contributed by atoms with Gasteiger partial charge in [0.1, 0.15) is 11.5 Å². The number of benzene rings is 4. The molecule has 9 nitrogen and oxygen atoms in total. The number of carbonyl (C=O) groups excluding carboxylic acids is 2. The van der Waals surface area contributed by atoms with Gasteiger partial charge in [-0.1, -0.05) is 60.2 Å². The number of rotatable bonds is 9. The summed E-state index contributed by atoms with van der Waals surface area (Å²) in [6, 6.07) is 28.0. The minimum Gasteiger partial charge on any atom is -0.483 e. The molecule has 0 unspecified atom stereocenters. The van der Waals surface area contributed by atoms with E-state index in [1.807, 2.05) is 49.4 Å². The van der Waals surface area contributed by atoms with Gasteiger partial charge >= 0.3 is 0 Å².